The quantitative estimate of drug-likeness (QED) is 0.774. The van der Waals surface area contributed by atoms with E-state index in [2.05, 4.69) is 54.6 Å². The van der Waals surface area contributed by atoms with Crippen LogP contribution >= 0.6 is 0 Å². The SMILES string of the molecule is CC1C=C(c2ccccc2)C(C2=NOCCC2)=CC1. The highest BCUT2D eigenvalue weighted by Crippen LogP contribution is 2.33. The molecule has 0 radical (unpaired) electrons. The largest absolute Gasteiger partial charge is 0.396 e. The topological polar surface area (TPSA) is 21.6 Å². The van der Waals surface area contributed by atoms with E-state index >= 15 is 0 Å². The molecule has 0 saturated carbocycles. The molecule has 1 aliphatic heterocycles. The lowest BCUT2D eigenvalue weighted by Gasteiger charge is -2.22. The molecule has 0 amide bonds. The molecule has 1 unspecified atom stereocenters. The van der Waals surface area contributed by atoms with Crippen molar-refractivity contribution in [3.63, 3.8) is 0 Å². The lowest BCUT2D eigenvalue weighted by molar-refractivity contribution is 0.132. The second-order valence-corrected chi connectivity index (χ2v) is 5.25. The van der Waals surface area contributed by atoms with Gasteiger partial charge in [-0.15, -0.1) is 0 Å². The summed E-state index contributed by atoms with van der Waals surface area (Å²) in [6.45, 7) is 3.01. The highest BCUT2D eigenvalue weighted by Gasteiger charge is 2.20. The number of allylic oxidation sites excluding steroid dienone is 4. The molecule has 1 atom stereocenters. The van der Waals surface area contributed by atoms with E-state index < -0.39 is 0 Å². The first-order chi connectivity index (χ1) is 9.34. The van der Waals surface area contributed by atoms with E-state index in [0.717, 1.165) is 31.6 Å². The Balaban J connectivity index is 1.98. The van der Waals surface area contributed by atoms with Crippen LogP contribution in [0, 0.1) is 5.92 Å². The van der Waals surface area contributed by atoms with Gasteiger partial charge in [0, 0.05) is 5.57 Å². The summed E-state index contributed by atoms with van der Waals surface area (Å²) in [6.07, 6.45) is 7.85. The summed E-state index contributed by atoms with van der Waals surface area (Å²) in [4.78, 5) is 5.27. The molecule has 1 heterocycles. The van der Waals surface area contributed by atoms with Crippen LogP contribution in [0.5, 0.6) is 0 Å². The van der Waals surface area contributed by atoms with Gasteiger partial charge in [-0.3, -0.25) is 0 Å². The Bertz CT molecular complexity index is 540. The third-order valence-corrected chi connectivity index (χ3v) is 3.65. The minimum absolute atomic E-state index is 0.587. The maximum absolute atomic E-state index is 5.27. The fraction of sp³-hybridized carbons (Fsp3) is 0.353. The van der Waals surface area contributed by atoms with E-state index in [9.17, 15) is 0 Å². The Labute approximate surface area is 114 Å². The van der Waals surface area contributed by atoms with Crippen molar-refractivity contribution in [1.29, 1.82) is 0 Å². The van der Waals surface area contributed by atoms with E-state index in [1.807, 2.05) is 0 Å². The fourth-order valence-corrected chi connectivity index (χ4v) is 2.66. The zero-order valence-corrected chi connectivity index (χ0v) is 11.3. The molecule has 2 heteroatoms. The molecule has 0 N–H and O–H groups in total. The van der Waals surface area contributed by atoms with Crippen molar-refractivity contribution in [2.24, 2.45) is 11.1 Å². The molecule has 0 saturated heterocycles. The van der Waals surface area contributed by atoms with Crippen molar-refractivity contribution in [1.82, 2.24) is 0 Å². The molecule has 3 rings (SSSR count). The van der Waals surface area contributed by atoms with Gasteiger partial charge in [0.15, 0.2) is 0 Å². The lowest BCUT2D eigenvalue weighted by atomic mass is 9.84. The second-order valence-electron chi connectivity index (χ2n) is 5.25. The first-order valence-corrected chi connectivity index (χ1v) is 7.01. The molecule has 1 aromatic carbocycles. The van der Waals surface area contributed by atoms with Gasteiger partial charge in [-0.05, 0) is 36.3 Å². The van der Waals surface area contributed by atoms with Crippen LogP contribution < -0.4 is 0 Å². The van der Waals surface area contributed by atoms with Gasteiger partial charge in [0.05, 0.1) is 5.71 Å². The summed E-state index contributed by atoms with van der Waals surface area (Å²) < 4.78 is 0. The Morgan fingerprint density at radius 3 is 2.74 bits per heavy atom. The van der Waals surface area contributed by atoms with Crippen molar-refractivity contribution >= 4 is 11.3 Å². The summed E-state index contributed by atoms with van der Waals surface area (Å²) in [5, 5.41) is 4.26. The highest BCUT2D eigenvalue weighted by atomic mass is 16.6. The molecule has 1 aromatic rings. The van der Waals surface area contributed by atoms with Gasteiger partial charge < -0.3 is 4.84 Å². The molecule has 19 heavy (non-hydrogen) atoms. The van der Waals surface area contributed by atoms with Crippen LogP contribution in [0.15, 0.2) is 53.2 Å². The van der Waals surface area contributed by atoms with Gasteiger partial charge in [0.2, 0.25) is 0 Å². The van der Waals surface area contributed by atoms with Crippen LogP contribution in [0.2, 0.25) is 0 Å². The van der Waals surface area contributed by atoms with Gasteiger partial charge in [0.1, 0.15) is 6.61 Å². The van der Waals surface area contributed by atoms with Crippen molar-refractivity contribution < 1.29 is 4.84 Å². The molecule has 0 fully saturated rings. The molecule has 2 aliphatic rings. The van der Waals surface area contributed by atoms with Gasteiger partial charge in [-0.25, -0.2) is 0 Å². The van der Waals surface area contributed by atoms with Crippen LogP contribution in [0.3, 0.4) is 0 Å². The molecule has 2 nitrogen and oxygen atoms in total. The average Bonchev–Trinajstić information content (AvgIpc) is 2.49. The maximum atomic E-state index is 5.27. The Hall–Kier alpha value is -1.83. The Kier molecular flexibility index (Phi) is 3.49. The predicted molar refractivity (Wildman–Crippen MR) is 78.9 cm³/mol. The number of hydrogen-bond donors (Lipinski definition) is 0. The standard InChI is InChI=1S/C17H19NO/c1-13-9-10-15(17-8-5-11-19-18-17)16(12-13)14-6-3-2-4-7-14/h2-4,6-7,10,12-13H,5,8-9,11H2,1H3. The van der Waals surface area contributed by atoms with Crippen molar-refractivity contribution in [3.8, 4) is 0 Å². The van der Waals surface area contributed by atoms with Gasteiger partial charge in [-0.2, -0.15) is 0 Å². The fourth-order valence-electron chi connectivity index (χ4n) is 2.66. The van der Waals surface area contributed by atoms with Crippen LogP contribution in [-0.4, -0.2) is 12.3 Å². The molecule has 0 aromatic heterocycles. The third kappa shape index (κ3) is 2.62. The first-order valence-electron chi connectivity index (χ1n) is 7.01. The zero-order chi connectivity index (χ0) is 13.1. The zero-order valence-electron chi connectivity index (χ0n) is 11.3. The monoisotopic (exact) mass is 253 g/mol. The van der Waals surface area contributed by atoms with Crippen LogP contribution in [0.4, 0.5) is 0 Å². The Morgan fingerprint density at radius 1 is 1.16 bits per heavy atom. The van der Waals surface area contributed by atoms with E-state index in [0.29, 0.717) is 5.92 Å². The first kappa shape index (κ1) is 12.2. The average molecular weight is 253 g/mol. The number of rotatable bonds is 2. The molecule has 0 bridgehead atoms. The van der Waals surface area contributed by atoms with Crippen molar-refractivity contribution in [3.05, 3.63) is 53.6 Å². The second kappa shape index (κ2) is 5.43. The van der Waals surface area contributed by atoms with Gasteiger partial charge >= 0.3 is 0 Å². The van der Waals surface area contributed by atoms with Crippen molar-refractivity contribution in [2.45, 2.75) is 26.2 Å². The van der Waals surface area contributed by atoms with Crippen molar-refractivity contribution in [2.75, 3.05) is 6.61 Å². The van der Waals surface area contributed by atoms with E-state index in [4.69, 9.17) is 4.84 Å². The van der Waals surface area contributed by atoms with Gasteiger partial charge in [-0.1, -0.05) is 54.6 Å². The third-order valence-electron chi connectivity index (χ3n) is 3.65. The summed E-state index contributed by atoms with van der Waals surface area (Å²) in [5.41, 5.74) is 4.95. The summed E-state index contributed by atoms with van der Waals surface area (Å²) in [7, 11) is 0. The molecular formula is C17H19NO. The van der Waals surface area contributed by atoms with Crippen LogP contribution in [-0.2, 0) is 4.84 Å². The highest BCUT2D eigenvalue weighted by molar-refractivity contribution is 6.13. The van der Waals surface area contributed by atoms with E-state index in [-0.39, 0.29) is 0 Å². The molecule has 1 aliphatic carbocycles. The van der Waals surface area contributed by atoms with Gasteiger partial charge in [0.25, 0.3) is 0 Å². The summed E-state index contributed by atoms with van der Waals surface area (Å²) >= 11 is 0. The minimum Gasteiger partial charge on any atom is -0.396 e. The summed E-state index contributed by atoms with van der Waals surface area (Å²) in [5.74, 6) is 0.587. The van der Waals surface area contributed by atoms with Crippen LogP contribution in [0.1, 0.15) is 31.7 Å². The number of nitrogens with zero attached hydrogens (tertiary/aromatic N) is 1. The number of benzene rings is 1. The normalized spacial score (nSPS) is 23.0. The molecule has 98 valence electrons. The minimum atomic E-state index is 0.587. The smallest absolute Gasteiger partial charge is 0.117 e. The maximum Gasteiger partial charge on any atom is 0.117 e. The summed E-state index contributed by atoms with van der Waals surface area (Å²) in [6, 6.07) is 10.6. The Morgan fingerprint density at radius 2 is 2.00 bits per heavy atom. The number of oxime groups is 1. The predicted octanol–water partition coefficient (Wildman–Crippen LogP) is 4.20. The van der Waals surface area contributed by atoms with E-state index in [1.165, 1.54) is 16.7 Å². The number of hydrogen-bond acceptors (Lipinski definition) is 2. The van der Waals surface area contributed by atoms with E-state index in [1.54, 1.807) is 0 Å². The van der Waals surface area contributed by atoms with Crippen LogP contribution in [0.25, 0.3) is 5.57 Å². The lowest BCUT2D eigenvalue weighted by Crippen LogP contribution is -2.14. The molecular weight excluding hydrogens is 234 g/mol. The molecule has 0 spiro atoms.